The van der Waals surface area contributed by atoms with E-state index in [1.54, 1.807) is 6.07 Å². The highest BCUT2D eigenvalue weighted by molar-refractivity contribution is 6.33. The highest BCUT2D eigenvalue weighted by Crippen LogP contribution is 2.38. The predicted octanol–water partition coefficient (Wildman–Crippen LogP) is 6.75. The van der Waals surface area contributed by atoms with Gasteiger partial charge in [-0.05, 0) is 56.9 Å². The fraction of sp³-hybridized carbons (Fsp3) is 0.577. The number of halogens is 4. The van der Waals surface area contributed by atoms with Crippen molar-refractivity contribution in [2.45, 2.75) is 89.6 Å². The second kappa shape index (κ2) is 10.3. The molecular weight excluding hydrogens is 465 g/mol. The van der Waals surface area contributed by atoms with Gasteiger partial charge in [0.15, 0.2) is 0 Å². The summed E-state index contributed by atoms with van der Waals surface area (Å²) in [6.45, 7) is 2.24. The third kappa shape index (κ3) is 5.46. The standard InChI is InChI=1S/C26H32ClF3N2O2/c1-16-20(25(34)31-19-8-3-2-4-9-19)14-23(32(16)15-17-7-5-6-10-24(17)33)21-13-18(26(28,29)30)11-12-22(21)27/h11-14,17,19,24,33H,2-10,15H2,1H3,(H,31,34)/t17-,24-/m1/s1. The Morgan fingerprint density at radius 3 is 2.44 bits per heavy atom. The molecule has 186 valence electrons. The zero-order valence-corrected chi connectivity index (χ0v) is 20.2. The van der Waals surface area contributed by atoms with Crippen LogP contribution in [0.3, 0.4) is 0 Å². The van der Waals surface area contributed by atoms with Crippen molar-refractivity contribution in [2.75, 3.05) is 0 Å². The van der Waals surface area contributed by atoms with E-state index in [9.17, 15) is 23.1 Å². The van der Waals surface area contributed by atoms with Gasteiger partial charge in [0.25, 0.3) is 5.91 Å². The van der Waals surface area contributed by atoms with Crippen molar-refractivity contribution in [1.29, 1.82) is 0 Å². The Labute approximate surface area is 203 Å². The number of nitrogens with one attached hydrogen (secondary N) is 1. The largest absolute Gasteiger partial charge is 0.416 e. The number of nitrogens with zero attached hydrogens (tertiary/aromatic N) is 1. The lowest BCUT2D eigenvalue weighted by Crippen LogP contribution is -2.36. The van der Waals surface area contributed by atoms with Crippen LogP contribution in [0, 0.1) is 12.8 Å². The van der Waals surface area contributed by atoms with Gasteiger partial charge in [-0.25, -0.2) is 0 Å². The number of amides is 1. The Morgan fingerprint density at radius 1 is 1.09 bits per heavy atom. The average molecular weight is 497 g/mol. The topological polar surface area (TPSA) is 54.3 Å². The summed E-state index contributed by atoms with van der Waals surface area (Å²) in [5.41, 5.74) is 1.04. The van der Waals surface area contributed by atoms with Crippen molar-refractivity contribution < 1.29 is 23.1 Å². The van der Waals surface area contributed by atoms with Gasteiger partial charge in [0.05, 0.1) is 22.9 Å². The summed E-state index contributed by atoms with van der Waals surface area (Å²) >= 11 is 6.39. The van der Waals surface area contributed by atoms with Crippen molar-refractivity contribution in [3.63, 3.8) is 0 Å². The van der Waals surface area contributed by atoms with Crippen molar-refractivity contribution in [3.05, 3.63) is 46.1 Å². The molecule has 2 atom stereocenters. The zero-order chi connectivity index (χ0) is 24.5. The Hall–Kier alpha value is -1.99. The van der Waals surface area contributed by atoms with E-state index in [-0.39, 0.29) is 28.5 Å². The molecule has 2 saturated carbocycles. The minimum Gasteiger partial charge on any atom is -0.393 e. The number of rotatable bonds is 5. The number of hydrogen-bond donors (Lipinski definition) is 2. The lowest BCUT2D eigenvalue weighted by Gasteiger charge is -2.29. The van der Waals surface area contributed by atoms with Crippen LogP contribution in [-0.4, -0.2) is 27.7 Å². The van der Waals surface area contributed by atoms with Gasteiger partial charge in [0, 0.05) is 34.8 Å². The van der Waals surface area contributed by atoms with Gasteiger partial charge in [-0.15, -0.1) is 0 Å². The van der Waals surface area contributed by atoms with Gasteiger partial charge in [-0.3, -0.25) is 4.79 Å². The van der Waals surface area contributed by atoms with Crippen LogP contribution in [0.15, 0.2) is 24.3 Å². The highest BCUT2D eigenvalue weighted by Gasteiger charge is 2.32. The lowest BCUT2D eigenvalue weighted by molar-refractivity contribution is -0.137. The maximum Gasteiger partial charge on any atom is 0.416 e. The van der Waals surface area contributed by atoms with Crippen molar-refractivity contribution in [1.82, 2.24) is 9.88 Å². The van der Waals surface area contributed by atoms with Crippen LogP contribution in [0.2, 0.25) is 5.02 Å². The number of aromatic nitrogens is 1. The molecule has 1 aromatic heterocycles. The van der Waals surface area contributed by atoms with E-state index in [2.05, 4.69) is 5.32 Å². The monoisotopic (exact) mass is 496 g/mol. The van der Waals surface area contributed by atoms with Crippen LogP contribution < -0.4 is 5.32 Å². The number of alkyl halides is 3. The molecule has 1 amide bonds. The van der Waals surface area contributed by atoms with Crippen LogP contribution in [-0.2, 0) is 12.7 Å². The summed E-state index contributed by atoms with van der Waals surface area (Å²) in [5, 5.41) is 13.9. The van der Waals surface area contributed by atoms with Crippen LogP contribution in [0.25, 0.3) is 11.3 Å². The minimum atomic E-state index is -4.51. The molecule has 2 aliphatic carbocycles. The molecule has 1 aromatic carbocycles. The van der Waals surface area contributed by atoms with Gasteiger partial charge in [0.2, 0.25) is 0 Å². The fourth-order valence-corrected chi connectivity index (χ4v) is 5.59. The van der Waals surface area contributed by atoms with Crippen LogP contribution in [0.4, 0.5) is 13.2 Å². The lowest BCUT2D eigenvalue weighted by atomic mass is 9.86. The van der Waals surface area contributed by atoms with Gasteiger partial charge < -0.3 is 15.0 Å². The molecule has 1 heterocycles. The molecule has 8 heteroatoms. The van der Waals surface area contributed by atoms with Crippen molar-refractivity contribution in [2.24, 2.45) is 5.92 Å². The molecule has 0 aliphatic heterocycles. The maximum absolute atomic E-state index is 13.5. The van der Waals surface area contributed by atoms with Crippen LogP contribution in [0.5, 0.6) is 0 Å². The average Bonchev–Trinajstić information content (AvgIpc) is 3.11. The Bertz CT molecular complexity index is 1030. The SMILES string of the molecule is Cc1c(C(=O)NC2CCCCC2)cc(-c2cc(C(F)(F)F)ccc2Cl)n1C[C@H]1CCCC[C@H]1O. The smallest absolute Gasteiger partial charge is 0.393 e. The van der Waals surface area contributed by atoms with Gasteiger partial charge in [-0.1, -0.05) is 43.7 Å². The number of hydrogen-bond acceptors (Lipinski definition) is 2. The van der Waals surface area contributed by atoms with E-state index >= 15 is 0 Å². The van der Waals surface area contributed by atoms with Gasteiger partial charge in [-0.2, -0.15) is 13.2 Å². The summed E-state index contributed by atoms with van der Waals surface area (Å²) in [6.07, 6.45) is 3.72. The second-order valence-electron chi connectivity index (χ2n) is 9.75. The summed E-state index contributed by atoms with van der Waals surface area (Å²) in [4.78, 5) is 13.2. The summed E-state index contributed by atoms with van der Waals surface area (Å²) < 4.78 is 42.3. The van der Waals surface area contributed by atoms with E-state index in [1.165, 1.54) is 12.5 Å². The summed E-state index contributed by atoms with van der Waals surface area (Å²) in [6, 6.07) is 5.04. The maximum atomic E-state index is 13.5. The normalized spacial score (nSPS) is 22.1. The number of carbonyl (C=O) groups excluding carboxylic acids is 1. The molecule has 0 unspecified atom stereocenters. The molecule has 0 radical (unpaired) electrons. The van der Waals surface area contributed by atoms with Crippen molar-refractivity contribution >= 4 is 17.5 Å². The Kier molecular flexibility index (Phi) is 7.63. The predicted molar refractivity (Wildman–Crippen MR) is 127 cm³/mol. The first-order valence-electron chi connectivity index (χ1n) is 12.2. The third-order valence-corrected chi connectivity index (χ3v) is 7.74. The number of aliphatic hydroxyl groups excluding tert-OH is 1. The molecule has 2 fully saturated rings. The fourth-order valence-electron chi connectivity index (χ4n) is 5.38. The first-order valence-corrected chi connectivity index (χ1v) is 12.6. The van der Waals surface area contributed by atoms with E-state index in [0.29, 0.717) is 29.9 Å². The molecule has 2 N–H and O–H groups in total. The number of aliphatic hydroxyl groups is 1. The molecule has 0 saturated heterocycles. The van der Waals surface area contributed by atoms with E-state index in [4.69, 9.17) is 11.6 Å². The van der Waals surface area contributed by atoms with Crippen LogP contribution >= 0.6 is 11.6 Å². The Balaban J connectivity index is 1.75. The molecule has 2 aliphatic rings. The minimum absolute atomic E-state index is 0.0302. The van der Waals surface area contributed by atoms with Gasteiger partial charge in [0.1, 0.15) is 0 Å². The van der Waals surface area contributed by atoms with Gasteiger partial charge >= 0.3 is 6.18 Å². The molecule has 34 heavy (non-hydrogen) atoms. The Morgan fingerprint density at radius 2 is 1.76 bits per heavy atom. The molecule has 4 nitrogen and oxygen atoms in total. The van der Waals surface area contributed by atoms with E-state index in [1.807, 2.05) is 11.5 Å². The van der Waals surface area contributed by atoms with Crippen molar-refractivity contribution in [3.8, 4) is 11.3 Å². The number of carbonyl (C=O) groups is 1. The molecule has 0 bridgehead atoms. The first kappa shape index (κ1) is 25.1. The molecular formula is C26H32ClF3N2O2. The number of benzene rings is 1. The quantitative estimate of drug-likeness (QED) is 0.481. The van der Waals surface area contributed by atoms with E-state index < -0.39 is 17.8 Å². The van der Waals surface area contributed by atoms with Crippen LogP contribution in [0.1, 0.15) is 79.4 Å². The second-order valence-corrected chi connectivity index (χ2v) is 10.2. The first-order chi connectivity index (χ1) is 16.1. The molecule has 4 rings (SSSR count). The molecule has 2 aromatic rings. The zero-order valence-electron chi connectivity index (χ0n) is 19.4. The molecule has 0 spiro atoms. The van der Waals surface area contributed by atoms with E-state index in [0.717, 1.165) is 57.1 Å². The summed E-state index contributed by atoms with van der Waals surface area (Å²) in [5.74, 6) is -0.242. The third-order valence-electron chi connectivity index (χ3n) is 7.41. The highest BCUT2D eigenvalue weighted by atomic mass is 35.5. The summed E-state index contributed by atoms with van der Waals surface area (Å²) in [7, 11) is 0.